The summed E-state index contributed by atoms with van der Waals surface area (Å²) in [6.07, 6.45) is 0. The number of rotatable bonds is 7. The van der Waals surface area contributed by atoms with Crippen molar-refractivity contribution in [3.05, 3.63) is 94.2 Å². The quantitative estimate of drug-likeness (QED) is 0.504. The lowest BCUT2D eigenvalue weighted by molar-refractivity contribution is -0.120. The normalized spacial score (nSPS) is 12.3. The maximum absolute atomic E-state index is 13.3. The lowest BCUT2D eigenvalue weighted by Crippen LogP contribution is -2.41. The summed E-state index contributed by atoms with van der Waals surface area (Å²) in [6, 6.07) is 17.1. The lowest BCUT2D eigenvalue weighted by Gasteiger charge is -2.25. The molecule has 0 bridgehead atoms. The highest BCUT2D eigenvalue weighted by Gasteiger charge is 2.28. The van der Waals surface area contributed by atoms with Gasteiger partial charge in [-0.1, -0.05) is 41.4 Å². The molecule has 0 heterocycles. The predicted molar refractivity (Wildman–Crippen MR) is 120 cm³/mol. The summed E-state index contributed by atoms with van der Waals surface area (Å²) in [5, 5.41) is 3.46. The molecule has 0 spiro atoms. The summed E-state index contributed by atoms with van der Waals surface area (Å²) in [7, 11) is -4.08. The largest absolute Gasteiger partial charge is 0.348 e. The molecule has 5 nitrogen and oxygen atoms in total. The average molecular weight is 481 g/mol. The van der Waals surface area contributed by atoms with E-state index < -0.39 is 28.5 Å². The molecule has 31 heavy (non-hydrogen) atoms. The van der Waals surface area contributed by atoms with E-state index in [0.29, 0.717) is 15.6 Å². The van der Waals surface area contributed by atoms with E-state index in [-0.39, 0.29) is 16.4 Å². The van der Waals surface area contributed by atoms with Gasteiger partial charge in [-0.2, -0.15) is 0 Å². The molecule has 0 aromatic heterocycles. The molecule has 1 atom stereocenters. The number of carbonyl (C=O) groups is 1. The van der Waals surface area contributed by atoms with Crippen molar-refractivity contribution in [2.45, 2.75) is 17.9 Å². The standard InChI is InChI=1S/C22H19Cl2FN2O3S/c1-15(16-5-9-19(25)10-6-16)26-22(28)14-27(20-4-2-3-18(24)13-20)31(29,30)21-11-7-17(23)8-12-21/h2-13,15H,14H2,1H3,(H,26,28)/t15-/m0/s1. The van der Waals surface area contributed by atoms with Crippen molar-refractivity contribution >= 4 is 44.8 Å². The SMILES string of the molecule is C[C@H](NC(=O)CN(c1cccc(Cl)c1)S(=O)(=O)c1ccc(Cl)cc1)c1ccc(F)cc1. The van der Waals surface area contributed by atoms with Gasteiger partial charge in [-0.3, -0.25) is 9.10 Å². The highest BCUT2D eigenvalue weighted by Crippen LogP contribution is 2.27. The summed E-state index contributed by atoms with van der Waals surface area (Å²) >= 11 is 11.9. The Bertz CT molecular complexity index is 1170. The molecule has 0 aliphatic heterocycles. The molecule has 1 N–H and O–H groups in total. The van der Waals surface area contributed by atoms with Gasteiger partial charge in [0.2, 0.25) is 5.91 Å². The van der Waals surface area contributed by atoms with Gasteiger partial charge < -0.3 is 5.32 Å². The number of nitrogens with one attached hydrogen (secondary N) is 1. The van der Waals surface area contributed by atoms with Crippen LogP contribution in [0.4, 0.5) is 10.1 Å². The van der Waals surface area contributed by atoms with Crippen molar-refractivity contribution in [1.82, 2.24) is 5.32 Å². The highest BCUT2D eigenvalue weighted by molar-refractivity contribution is 7.92. The van der Waals surface area contributed by atoms with Crippen LogP contribution in [0.2, 0.25) is 10.0 Å². The first-order valence-corrected chi connectivity index (χ1v) is 11.4. The highest BCUT2D eigenvalue weighted by atomic mass is 35.5. The van der Waals surface area contributed by atoms with E-state index in [2.05, 4.69) is 5.32 Å². The summed E-state index contributed by atoms with van der Waals surface area (Å²) < 4.78 is 40.7. The number of hydrogen-bond donors (Lipinski definition) is 1. The minimum absolute atomic E-state index is 0.0174. The molecular weight excluding hydrogens is 462 g/mol. The van der Waals surface area contributed by atoms with Crippen LogP contribution in [0.3, 0.4) is 0 Å². The Balaban J connectivity index is 1.89. The van der Waals surface area contributed by atoms with Crippen LogP contribution >= 0.6 is 23.2 Å². The summed E-state index contributed by atoms with van der Waals surface area (Å²) in [6.45, 7) is 1.25. The van der Waals surface area contributed by atoms with Crippen molar-refractivity contribution in [3.63, 3.8) is 0 Å². The van der Waals surface area contributed by atoms with Crippen LogP contribution in [0.1, 0.15) is 18.5 Å². The Morgan fingerprint density at radius 1 is 1.00 bits per heavy atom. The number of carbonyl (C=O) groups excluding carboxylic acids is 1. The molecule has 3 aromatic rings. The van der Waals surface area contributed by atoms with E-state index in [4.69, 9.17) is 23.2 Å². The van der Waals surface area contributed by atoms with E-state index in [9.17, 15) is 17.6 Å². The zero-order chi connectivity index (χ0) is 22.6. The topological polar surface area (TPSA) is 66.5 Å². The zero-order valence-corrected chi connectivity index (χ0v) is 18.8. The van der Waals surface area contributed by atoms with Crippen LogP contribution in [0.25, 0.3) is 0 Å². The van der Waals surface area contributed by atoms with Gasteiger partial charge >= 0.3 is 0 Å². The molecule has 0 saturated heterocycles. The molecule has 162 valence electrons. The number of benzene rings is 3. The number of nitrogens with zero attached hydrogens (tertiary/aromatic N) is 1. The van der Waals surface area contributed by atoms with Crippen molar-refractivity contribution < 1.29 is 17.6 Å². The molecule has 9 heteroatoms. The van der Waals surface area contributed by atoms with Gasteiger partial charge in [-0.05, 0) is 67.1 Å². The number of halogens is 3. The third-order valence-electron chi connectivity index (χ3n) is 4.53. The number of hydrogen-bond acceptors (Lipinski definition) is 3. The molecule has 3 rings (SSSR count). The zero-order valence-electron chi connectivity index (χ0n) is 16.4. The third kappa shape index (κ3) is 5.76. The molecule has 0 saturated carbocycles. The second kappa shape index (κ2) is 9.68. The van der Waals surface area contributed by atoms with Crippen LogP contribution in [-0.4, -0.2) is 20.9 Å². The first-order chi connectivity index (χ1) is 14.7. The Kier molecular flexibility index (Phi) is 7.20. The van der Waals surface area contributed by atoms with Crippen molar-refractivity contribution in [1.29, 1.82) is 0 Å². The van der Waals surface area contributed by atoms with E-state index in [0.717, 1.165) is 4.31 Å². The minimum atomic E-state index is -4.08. The fraction of sp³-hybridized carbons (Fsp3) is 0.136. The molecular formula is C22H19Cl2FN2O3S. The molecule has 0 fully saturated rings. The average Bonchev–Trinajstić information content (AvgIpc) is 2.72. The first kappa shape index (κ1) is 23.1. The van der Waals surface area contributed by atoms with Gasteiger partial charge in [-0.25, -0.2) is 12.8 Å². The molecule has 0 radical (unpaired) electrons. The van der Waals surface area contributed by atoms with Gasteiger partial charge in [0.05, 0.1) is 16.6 Å². The molecule has 0 aliphatic rings. The number of anilines is 1. The van der Waals surface area contributed by atoms with Crippen LogP contribution in [0.15, 0.2) is 77.7 Å². The third-order valence-corrected chi connectivity index (χ3v) is 6.81. The Morgan fingerprint density at radius 3 is 2.26 bits per heavy atom. The van der Waals surface area contributed by atoms with Gasteiger partial charge in [0.1, 0.15) is 12.4 Å². The van der Waals surface area contributed by atoms with Crippen molar-refractivity contribution in [2.75, 3.05) is 10.8 Å². The fourth-order valence-electron chi connectivity index (χ4n) is 2.93. The molecule has 1 amide bonds. The molecule has 0 aliphatic carbocycles. The van der Waals surface area contributed by atoms with Gasteiger partial charge in [0.25, 0.3) is 10.0 Å². The van der Waals surface area contributed by atoms with Crippen molar-refractivity contribution in [3.8, 4) is 0 Å². The van der Waals surface area contributed by atoms with Gasteiger partial charge in [-0.15, -0.1) is 0 Å². The van der Waals surface area contributed by atoms with Crippen LogP contribution in [-0.2, 0) is 14.8 Å². The van der Waals surface area contributed by atoms with E-state index >= 15 is 0 Å². The van der Waals surface area contributed by atoms with E-state index in [1.165, 1.54) is 42.5 Å². The Hall–Kier alpha value is -2.61. The fourth-order valence-corrected chi connectivity index (χ4v) is 4.66. The number of sulfonamides is 1. The second-order valence-electron chi connectivity index (χ2n) is 6.79. The van der Waals surface area contributed by atoms with E-state index in [1.807, 2.05) is 0 Å². The summed E-state index contributed by atoms with van der Waals surface area (Å²) in [5.41, 5.74) is 0.927. The predicted octanol–water partition coefficient (Wildman–Crippen LogP) is 5.21. The maximum atomic E-state index is 13.3. The van der Waals surface area contributed by atoms with Gasteiger partial charge in [0.15, 0.2) is 0 Å². The van der Waals surface area contributed by atoms with Crippen LogP contribution in [0, 0.1) is 5.82 Å². The maximum Gasteiger partial charge on any atom is 0.264 e. The summed E-state index contributed by atoms with van der Waals surface area (Å²) in [5.74, 6) is -0.919. The smallest absolute Gasteiger partial charge is 0.264 e. The lowest BCUT2D eigenvalue weighted by atomic mass is 10.1. The molecule has 3 aromatic carbocycles. The summed E-state index contributed by atoms with van der Waals surface area (Å²) in [4.78, 5) is 12.7. The van der Waals surface area contributed by atoms with Crippen LogP contribution < -0.4 is 9.62 Å². The minimum Gasteiger partial charge on any atom is -0.348 e. The second-order valence-corrected chi connectivity index (χ2v) is 9.52. The molecule has 0 unspecified atom stereocenters. The Labute approximate surface area is 190 Å². The monoisotopic (exact) mass is 480 g/mol. The Morgan fingerprint density at radius 2 is 1.65 bits per heavy atom. The van der Waals surface area contributed by atoms with Crippen LogP contribution in [0.5, 0.6) is 0 Å². The first-order valence-electron chi connectivity index (χ1n) is 9.25. The van der Waals surface area contributed by atoms with E-state index in [1.54, 1.807) is 37.3 Å². The van der Waals surface area contributed by atoms with Crippen molar-refractivity contribution in [2.24, 2.45) is 0 Å². The number of amides is 1. The van der Waals surface area contributed by atoms with Gasteiger partial charge in [0, 0.05) is 10.0 Å².